The molecule has 0 aliphatic carbocycles. The number of benzene rings is 1. The van der Waals surface area contributed by atoms with Gasteiger partial charge < -0.3 is 14.6 Å². The summed E-state index contributed by atoms with van der Waals surface area (Å²) in [6.45, 7) is 1.75. The van der Waals surface area contributed by atoms with E-state index >= 15 is 0 Å². The zero-order chi connectivity index (χ0) is 23.4. The number of furan rings is 1. The maximum atomic E-state index is 13.2. The lowest BCUT2D eigenvalue weighted by atomic mass is 10.1. The molecule has 1 aliphatic heterocycles. The van der Waals surface area contributed by atoms with E-state index in [-0.39, 0.29) is 24.1 Å². The molecule has 9 nitrogen and oxygen atoms in total. The molecule has 0 saturated carbocycles. The summed E-state index contributed by atoms with van der Waals surface area (Å²) in [6, 6.07) is 8.20. The smallest absolute Gasteiger partial charge is 0.260 e. The van der Waals surface area contributed by atoms with Gasteiger partial charge in [-0.2, -0.15) is 11.3 Å². The van der Waals surface area contributed by atoms with Crippen LogP contribution in [0.1, 0.15) is 35.4 Å². The number of hydrogen-bond donors (Lipinski definition) is 1. The molecule has 3 aromatic rings. The standard InChI is InChI=1S/C23H24N4O5S/c1-15-10-17-11-18(5-6-21(17)32-15)24-22(13-27(30)31)25-19-4-2-3-8-26(23(19)29)12-20(28)16-7-9-33-14-16/h5-7,9-11,14,19H,2-4,8,12-13H2,1H3,(H,24,25). The van der Waals surface area contributed by atoms with E-state index < -0.39 is 17.5 Å². The first-order chi connectivity index (χ1) is 15.9. The summed E-state index contributed by atoms with van der Waals surface area (Å²) in [6.07, 6.45) is 1.98. The second kappa shape index (κ2) is 9.95. The Morgan fingerprint density at radius 2 is 2.18 bits per heavy atom. The van der Waals surface area contributed by atoms with Gasteiger partial charge in [-0.25, -0.2) is 0 Å². The third kappa shape index (κ3) is 5.64. The zero-order valence-electron chi connectivity index (χ0n) is 18.2. The number of fused-ring (bicyclic) bond motifs is 1. The minimum absolute atomic E-state index is 0.0178. The maximum absolute atomic E-state index is 13.2. The van der Waals surface area contributed by atoms with E-state index in [9.17, 15) is 19.7 Å². The highest BCUT2D eigenvalue weighted by Gasteiger charge is 2.29. The van der Waals surface area contributed by atoms with Gasteiger partial charge >= 0.3 is 0 Å². The lowest BCUT2D eigenvalue weighted by molar-refractivity contribution is -0.463. The normalized spacial score (nSPS) is 17.2. The topological polar surface area (TPSA) is 118 Å². The van der Waals surface area contributed by atoms with Crippen LogP contribution in [0.15, 0.2) is 50.5 Å². The monoisotopic (exact) mass is 468 g/mol. The van der Waals surface area contributed by atoms with Crippen molar-refractivity contribution in [2.45, 2.75) is 32.2 Å². The van der Waals surface area contributed by atoms with E-state index in [1.165, 1.54) is 16.2 Å². The summed E-state index contributed by atoms with van der Waals surface area (Å²) < 4.78 is 5.57. The molecule has 1 aromatic carbocycles. The van der Waals surface area contributed by atoms with Crippen LogP contribution in [-0.4, -0.2) is 53.0 Å². The SMILES string of the molecule is Cc1cc2cc(NC(C[N+](=O)[O-])=NC3CCCCN(CC(=O)c4ccsc4)C3=O)ccc2o1. The number of anilines is 1. The van der Waals surface area contributed by atoms with Gasteiger partial charge in [0.05, 0.1) is 6.54 Å². The molecule has 0 bridgehead atoms. The van der Waals surface area contributed by atoms with Crippen molar-refractivity contribution in [1.82, 2.24) is 4.90 Å². The van der Waals surface area contributed by atoms with Crippen LogP contribution in [0.5, 0.6) is 0 Å². The second-order valence-corrected chi connectivity index (χ2v) is 8.79. The number of carbonyl (C=O) groups excluding carboxylic acids is 2. The Hall–Kier alpha value is -3.53. The Morgan fingerprint density at radius 3 is 2.94 bits per heavy atom. The lowest BCUT2D eigenvalue weighted by Crippen LogP contribution is -2.41. The molecular weight excluding hydrogens is 444 g/mol. The Morgan fingerprint density at radius 1 is 1.33 bits per heavy atom. The van der Waals surface area contributed by atoms with Crippen LogP contribution in [-0.2, 0) is 4.79 Å². The number of nitrogens with one attached hydrogen (secondary N) is 1. The number of nitrogens with zero attached hydrogens (tertiary/aromatic N) is 3. The highest BCUT2D eigenvalue weighted by molar-refractivity contribution is 7.08. The molecule has 0 radical (unpaired) electrons. The molecule has 1 saturated heterocycles. The van der Waals surface area contributed by atoms with Crippen LogP contribution in [0.4, 0.5) is 5.69 Å². The third-order valence-electron chi connectivity index (χ3n) is 5.45. The summed E-state index contributed by atoms with van der Waals surface area (Å²) in [7, 11) is 0. The summed E-state index contributed by atoms with van der Waals surface area (Å²) in [5, 5.41) is 18.7. The predicted molar refractivity (Wildman–Crippen MR) is 127 cm³/mol. The molecular formula is C23H24N4O5S. The molecule has 1 unspecified atom stereocenters. The molecule has 1 N–H and O–H groups in total. The number of Topliss-reactive ketones (excluding diaryl/α,β-unsaturated/α-hetero) is 1. The van der Waals surface area contributed by atoms with E-state index in [2.05, 4.69) is 10.3 Å². The molecule has 1 aliphatic rings. The summed E-state index contributed by atoms with van der Waals surface area (Å²) in [4.78, 5) is 42.5. The van der Waals surface area contributed by atoms with Crippen molar-refractivity contribution < 1.29 is 18.9 Å². The van der Waals surface area contributed by atoms with Crippen molar-refractivity contribution in [2.75, 3.05) is 25.0 Å². The van der Waals surface area contributed by atoms with Crippen molar-refractivity contribution in [3.63, 3.8) is 0 Å². The number of rotatable bonds is 7. The van der Waals surface area contributed by atoms with Gasteiger partial charge in [-0.15, -0.1) is 0 Å². The van der Waals surface area contributed by atoms with Gasteiger partial charge in [-0.3, -0.25) is 24.7 Å². The first-order valence-corrected chi connectivity index (χ1v) is 11.6. The van der Waals surface area contributed by atoms with Gasteiger partial charge in [-0.05, 0) is 61.9 Å². The number of amidine groups is 1. The lowest BCUT2D eigenvalue weighted by Gasteiger charge is -2.22. The van der Waals surface area contributed by atoms with E-state index in [1.54, 1.807) is 23.6 Å². The number of carbonyl (C=O) groups is 2. The summed E-state index contributed by atoms with van der Waals surface area (Å²) >= 11 is 1.43. The minimum atomic E-state index is -0.773. The van der Waals surface area contributed by atoms with Crippen LogP contribution in [0.2, 0.25) is 0 Å². The molecule has 1 atom stereocenters. The Kier molecular flexibility index (Phi) is 6.83. The molecule has 4 rings (SSSR count). The van der Waals surface area contributed by atoms with Crippen molar-refractivity contribution in [3.05, 3.63) is 62.5 Å². The number of amides is 1. The number of aliphatic imine (C=N–C) groups is 1. The average molecular weight is 469 g/mol. The molecule has 0 spiro atoms. The molecule has 2 aromatic heterocycles. The molecule has 1 fully saturated rings. The van der Waals surface area contributed by atoms with E-state index in [4.69, 9.17) is 4.42 Å². The average Bonchev–Trinajstić information content (AvgIpc) is 3.39. The number of thiophene rings is 1. The number of hydrogen-bond acceptors (Lipinski definition) is 7. The van der Waals surface area contributed by atoms with Gasteiger partial charge in [0.25, 0.3) is 6.54 Å². The van der Waals surface area contributed by atoms with Gasteiger partial charge in [-0.1, -0.05) is 0 Å². The van der Waals surface area contributed by atoms with Crippen LogP contribution in [0.3, 0.4) is 0 Å². The summed E-state index contributed by atoms with van der Waals surface area (Å²) in [5.41, 5.74) is 1.92. The number of likely N-dealkylation sites (tertiary alicyclic amines) is 1. The van der Waals surface area contributed by atoms with Crippen LogP contribution in [0.25, 0.3) is 11.0 Å². The maximum Gasteiger partial charge on any atom is 0.260 e. The van der Waals surface area contributed by atoms with Gasteiger partial charge in [0.2, 0.25) is 5.91 Å². The van der Waals surface area contributed by atoms with Crippen molar-refractivity contribution in [2.24, 2.45) is 4.99 Å². The van der Waals surface area contributed by atoms with Crippen molar-refractivity contribution in [1.29, 1.82) is 0 Å². The zero-order valence-corrected chi connectivity index (χ0v) is 19.0. The first kappa shape index (κ1) is 22.7. The van der Waals surface area contributed by atoms with Gasteiger partial charge in [0.15, 0.2) is 11.6 Å². The Bertz CT molecular complexity index is 1200. The number of nitro groups is 1. The molecule has 10 heteroatoms. The van der Waals surface area contributed by atoms with Crippen molar-refractivity contribution >= 4 is 45.5 Å². The highest BCUT2D eigenvalue weighted by Crippen LogP contribution is 2.23. The van der Waals surface area contributed by atoms with Crippen LogP contribution >= 0.6 is 11.3 Å². The molecule has 33 heavy (non-hydrogen) atoms. The molecule has 1 amide bonds. The van der Waals surface area contributed by atoms with Crippen molar-refractivity contribution in [3.8, 4) is 0 Å². The quantitative estimate of drug-likeness (QED) is 0.183. The Balaban J connectivity index is 1.54. The van der Waals surface area contributed by atoms with Gasteiger partial charge in [0, 0.05) is 33.5 Å². The van der Waals surface area contributed by atoms with Crippen LogP contribution < -0.4 is 5.32 Å². The summed E-state index contributed by atoms with van der Waals surface area (Å²) in [5.74, 6) is 0.465. The second-order valence-electron chi connectivity index (χ2n) is 8.01. The largest absolute Gasteiger partial charge is 0.461 e. The van der Waals surface area contributed by atoms with Gasteiger partial charge in [0.1, 0.15) is 17.4 Å². The number of ketones is 1. The molecule has 172 valence electrons. The first-order valence-electron chi connectivity index (χ1n) is 10.7. The third-order valence-corrected chi connectivity index (χ3v) is 6.13. The molecule has 3 heterocycles. The fourth-order valence-corrected chi connectivity index (χ4v) is 4.55. The Labute approximate surface area is 194 Å². The predicted octanol–water partition coefficient (Wildman–Crippen LogP) is 4.15. The minimum Gasteiger partial charge on any atom is -0.461 e. The highest BCUT2D eigenvalue weighted by atomic mass is 32.1. The van der Waals surface area contributed by atoms with E-state index in [1.807, 2.05) is 24.4 Å². The van der Waals surface area contributed by atoms with Crippen LogP contribution in [0, 0.1) is 17.0 Å². The van der Waals surface area contributed by atoms with E-state index in [0.717, 1.165) is 29.6 Å². The number of aryl methyl sites for hydroxylation is 1. The van der Waals surface area contributed by atoms with E-state index in [0.29, 0.717) is 24.2 Å². The fraction of sp³-hybridized carbons (Fsp3) is 0.348. The fourth-order valence-electron chi connectivity index (χ4n) is 3.89.